The largest absolute Gasteiger partial charge is 0.508 e. The molecule has 0 spiro atoms. The van der Waals surface area contributed by atoms with Gasteiger partial charge in [0, 0.05) is 23.7 Å². The van der Waals surface area contributed by atoms with E-state index in [9.17, 15) is 14.7 Å². The molecule has 2 amide bonds. The Balaban J connectivity index is 1.83. The van der Waals surface area contributed by atoms with Gasteiger partial charge in [-0.25, -0.2) is 0 Å². The highest BCUT2D eigenvalue weighted by atomic mass is 16.3. The van der Waals surface area contributed by atoms with Crippen molar-refractivity contribution < 1.29 is 14.7 Å². The van der Waals surface area contributed by atoms with Crippen LogP contribution in [0.15, 0.2) is 79.5 Å². The smallest absolute Gasteiger partial charge is 0.257 e. The number of rotatable bonds is 5. The number of fused-ring (bicyclic) bond motifs is 1. The Morgan fingerprint density at radius 3 is 2.35 bits per heavy atom. The fourth-order valence-electron chi connectivity index (χ4n) is 4.41. The second-order valence-corrected chi connectivity index (χ2v) is 9.52. The molecule has 34 heavy (non-hydrogen) atoms. The summed E-state index contributed by atoms with van der Waals surface area (Å²) in [6.07, 6.45) is 2.25. The Morgan fingerprint density at radius 2 is 1.71 bits per heavy atom. The summed E-state index contributed by atoms with van der Waals surface area (Å²) in [4.78, 5) is 34.0. The topological polar surface area (TPSA) is 82.5 Å². The molecule has 1 aliphatic heterocycles. The molecular formula is C28H29N3O3. The van der Waals surface area contributed by atoms with Crippen molar-refractivity contribution in [2.45, 2.75) is 44.7 Å². The first-order chi connectivity index (χ1) is 16.1. The number of aryl methyl sites for hydroxylation is 1. The van der Waals surface area contributed by atoms with E-state index < -0.39 is 11.1 Å². The van der Waals surface area contributed by atoms with Crippen LogP contribution in [-0.4, -0.2) is 27.4 Å². The fraction of sp³-hybridized carbons (Fsp3) is 0.250. The molecule has 2 N–H and O–H groups in total. The molecule has 2 aromatic carbocycles. The van der Waals surface area contributed by atoms with Crippen LogP contribution in [0.3, 0.4) is 0 Å². The van der Waals surface area contributed by atoms with Crippen molar-refractivity contribution in [2.24, 2.45) is 0 Å². The summed E-state index contributed by atoms with van der Waals surface area (Å²) in [7, 11) is 0. The number of nitrogens with zero attached hydrogens (tertiary/aromatic N) is 2. The van der Waals surface area contributed by atoms with Crippen LogP contribution >= 0.6 is 0 Å². The highest BCUT2D eigenvalue weighted by molar-refractivity contribution is 6.17. The minimum atomic E-state index is -1.51. The molecule has 174 valence electrons. The first kappa shape index (κ1) is 23.2. The van der Waals surface area contributed by atoms with Gasteiger partial charge in [0.2, 0.25) is 5.91 Å². The number of phenols is 1. The molecule has 1 aliphatic rings. The van der Waals surface area contributed by atoms with Gasteiger partial charge in [-0.1, -0.05) is 43.0 Å². The lowest BCUT2D eigenvalue weighted by molar-refractivity contribution is -0.130. The zero-order valence-electron chi connectivity index (χ0n) is 19.7. The number of anilines is 1. The number of carbonyl (C=O) groups is 2. The van der Waals surface area contributed by atoms with Crippen LogP contribution in [0.25, 0.3) is 5.57 Å². The number of phenolic OH excluding ortho intramolecular Hbond substituents is 1. The third kappa shape index (κ3) is 4.07. The minimum absolute atomic E-state index is 0.170. The number of para-hydroxylation sites is 1. The molecule has 2 heterocycles. The van der Waals surface area contributed by atoms with Crippen LogP contribution < -0.4 is 10.2 Å². The number of nitrogens with one attached hydrogen (secondary N) is 1. The van der Waals surface area contributed by atoms with Gasteiger partial charge < -0.3 is 10.4 Å². The third-order valence-corrected chi connectivity index (χ3v) is 5.91. The monoisotopic (exact) mass is 455 g/mol. The maximum Gasteiger partial charge on any atom is 0.257 e. The normalized spacial score (nSPS) is 17.4. The SMILES string of the molecule is C=C1c2ccccc2N(C(=O)CCc2ccc(O)cc2)C1(C(=O)NC(C)(C)C)c1ccccn1. The molecule has 0 saturated heterocycles. The molecular weight excluding hydrogens is 426 g/mol. The third-order valence-electron chi connectivity index (χ3n) is 5.91. The van der Waals surface area contributed by atoms with Gasteiger partial charge in [-0.05, 0) is 68.7 Å². The fourth-order valence-corrected chi connectivity index (χ4v) is 4.41. The first-order valence-corrected chi connectivity index (χ1v) is 11.3. The number of amides is 2. The van der Waals surface area contributed by atoms with Gasteiger partial charge in [0.1, 0.15) is 5.75 Å². The Labute approximate surface area is 200 Å². The zero-order valence-corrected chi connectivity index (χ0v) is 19.7. The molecule has 6 heteroatoms. The molecule has 0 fully saturated rings. The van der Waals surface area contributed by atoms with Crippen molar-refractivity contribution >= 4 is 23.1 Å². The Morgan fingerprint density at radius 1 is 1.03 bits per heavy atom. The molecule has 1 unspecified atom stereocenters. The zero-order chi connectivity index (χ0) is 24.5. The van der Waals surface area contributed by atoms with Gasteiger partial charge in [-0.15, -0.1) is 0 Å². The molecule has 6 nitrogen and oxygen atoms in total. The summed E-state index contributed by atoms with van der Waals surface area (Å²) >= 11 is 0. The van der Waals surface area contributed by atoms with Gasteiger partial charge in [0.15, 0.2) is 5.54 Å². The van der Waals surface area contributed by atoms with Crippen molar-refractivity contribution in [2.75, 3.05) is 4.90 Å². The lowest BCUT2D eigenvalue weighted by Crippen LogP contribution is -2.60. The second kappa shape index (κ2) is 8.78. The molecule has 0 saturated carbocycles. The molecule has 0 bridgehead atoms. The van der Waals surface area contributed by atoms with Crippen LogP contribution in [-0.2, 0) is 21.5 Å². The van der Waals surface area contributed by atoms with E-state index in [-0.39, 0.29) is 24.0 Å². The number of aromatic hydroxyl groups is 1. The quantitative estimate of drug-likeness (QED) is 0.590. The maximum atomic E-state index is 14.1. The molecule has 3 aromatic rings. The summed E-state index contributed by atoms with van der Waals surface area (Å²) in [5.74, 6) is -0.389. The summed E-state index contributed by atoms with van der Waals surface area (Å²) in [6, 6.07) is 19.6. The maximum absolute atomic E-state index is 14.1. The summed E-state index contributed by atoms with van der Waals surface area (Å²) in [5, 5.41) is 12.6. The molecule has 0 aliphatic carbocycles. The summed E-state index contributed by atoms with van der Waals surface area (Å²) < 4.78 is 0. The minimum Gasteiger partial charge on any atom is -0.508 e. The molecule has 1 atom stereocenters. The van der Waals surface area contributed by atoms with Gasteiger partial charge in [0.25, 0.3) is 5.91 Å². The summed E-state index contributed by atoms with van der Waals surface area (Å²) in [5.41, 5.74) is 1.21. The van der Waals surface area contributed by atoms with Crippen molar-refractivity contribution in [1.29, 1.82) is 0 Å². The van der Waals surface area contributed by atoms with Gasteiger partial charge >= 0.3 is 0 Å². The standard InChI is InChI=1S/C28H29N3O3/c1-19-22-9-5-6-10-23(22)31(25(33)17-14-20-12-15-21(32)16-13-20)28(19,24-11-7-8-18-29-24)26(34)30-27(2,3)4/h5-13,15-16,18,32H,1,14,17H2,2-4H3,(H,30,34). The van der Waals surface area contributed by atoms with E-state index in [2.05, 4.69) is 16.9 Å². The molecule has 1 aromatic heterocycles. The van der Waals surface area contributed by atoms with Crippen molar-refractivity contribution in [1.82, 2.24) is 10.3 Å². The first-order valence-electron chi connectivity index (χ1n) is 11.3. The van der Waals surface area contributed by atoms with E-state index in [0.29, 0.717) is 23.4 Å². The van der Waals surface area contributed by atoms with E-state index >= 15 is 0 Å². The lowest BCUT2D eigenvalue weighted by atomic mass is 9.83. The predicted molar refractivity (Wildman–Crippen MR) is 133 cm³/mol. The average molecular weight is 456 g/mol. The number of benzene rings is 2. The molecule has 4 rings (SSSR count). The van der Waals surface area contributed by atoms with E-state index in [4.69, 9.17) is 0 Å². The Kier molecular flexibility index (Phi) is 6.00. The van der Waals surface area contributed by atoms with Crippen molar-refractivity contribution in [3.05, 3.63) is 96.3 Å². The van der Waals surface area contributed by atoms with Crippen LogP contribution in [0, 0.1) is 0 Å². The van der Waals surface area contributed by atoms with Gasteiger partial charge in [-0.3, -0.25) is 19.5 Å². The highest BCUT2D eigenvalue weighted by Gasteiger charge is 2.57. The number of aromatic nitrogens is 1. The predicted octanol–water partition coefficient (Wildman–Crippen LogP) is 4.59. The number of hydrogen-bond donors (Lipinski definition) is 2. The van der Waals surface area contributed by atoms with Crippen LogP contribution in [0.2, 0.25) is 0 Å². The molecule has 0 radical (unpaired) electrons. The summed E-state index contributed by atoms with van der Waals surface area (Å²) in [6.45, 7) is 10.0. The van der Waals surface area contributed by atoms with Crippen molar-refractivity contribution in [3.8, 4) is 5.75 Å². The van der Waals surface area contributed by atoms with Gasteiger partial charge in [-0.2, -0.15) is 0 Å². The van der Waals surface area contributed by atoms with Crippen LogP contribution in [0.4, 0.5) is 5.69 Å². The van der Waals surface area contributed by atoms with E-state index in [0.717, 1.165) is 11.1 Å². The van der Waals surface area contributed by atoms with E-state index in [1.54, 1.807) is 47.5 Å². The highest BCUT2D eigenvalue weighted by Crippen LogP contribution is 2.52. The number of hydrogen-bond acceptors (Lipinski definition) is 4. The lowest BCUT2D eigenvalue weighted by Gasteiger charge is -2.39. The van der Waals surface area contributed by atoms with E-state index in [1.807, 2.05) is 51.1 Å². The average Bonchev–Trinajstić information content (AvgIpc) is 3.08. The van der Waals surface area contributed by atoms with Crippen LogP contribution in [0.1, 0.15) is 44.0 Å². The van der Waals surface area contributed by atoms with E-state index in [1.165, 1.54) is 0 Å². The Bertz CT molecular complexity index is 1230. The van der Waals surface area contributed by atoms with Gasteiger partial charge in [0.05, 0.1) is 11.4 Å². The number of carbonyl (C=O) groups excluding carboxylic acids is 2. The van der Waals surface area contributed by atoms with Crippen LogP contribution in [0.5, 0.6) is 5.75 Å². The van der Waals surface area contributed by atoms with Crippen molar-refractivity contribution in [3.63, 3.8) is 0 Å². The number of pyridine rings is 1. The Hall–Kier alpha value is -3.93. The second-order valence-electron chi connectivity index (χ2n) is 9.52.